The van der Waals surface area contributed by atoms with Crippen molar-refractivity contribution in [1.82, 2.24) is 9.47 Å². The van der Waals surface area contributed by atoms with Crippen LogP contribution in [0.25, 0.3) is 17.0 Å². The fourth-order valence-corrected chi connectivity index (χ4v) is 5.93. The van der Waals surface area contributed by atoms with E-state index in [9.17, 15) is 14.4 Å². The van der Waals surface area contributed by atoms with Crippen LogP contribution in [-0.4, -0.2) is 39.3 Å². The minimum absolute atomic E-state index is 0.288. The molecular formula is C29H24ClN3O3S2. The van der Waals surface area contributed by atoms with E-state index in [0.29, 0.717) is 17.3 Å². The van der Waals surface area contributed by atoms with Crippen LogP contribution >= 0.6 is 35.1 Å². The summed E-state index contributed by atoms with van der Waals surface area (Å²) in [5.74, 6) is -0.908. The molecule has 1 fully saturated rings. The first kappa shape index (κ1) is 26.2. The molecule has 0 bridgehead atoms. The summed E-state index contributed by atoms with van der Waals surface area (Å²) in [6.45, 7) is 2.21. The van der Waals surface area contributed by atoms with Gasteiger partial charge < -0.3 is 9.88 Å². The van der Waals surface area contributed by atoms with E-state index in [1.807, 2.05) is 79.9 Å². The molecule has 192 valence electrons. The van der Waals surface area contributed by atoms with Gasteiger partial charge in [0.1, 0.15) is 6.54 Å². The van der Waals surface area contributed by atoms with Crippen molar-refractivity contribution in [2.75, 3.05) is 18.1 Å². The molecule has 9 heteroatoms. The second-order valence-electron chi connectivity index (χ2n) is 8.74. The Kier molecular flexibility index (Phi) is 7.65. The van der Waals surface area contributed by atoms with Gasteiger partial charge in [0.15, 0.2) is 0 Å². The number of halogens is 1. The van der Waals surface area contributed by atoms with Crippen molar-refractivity contribution in [3.05, 3.63) is 99.5 Å². The van der Waals surface area contributed by atoms with Gasteiger partial charge in [-0.25, -0.2) is 0 Å². The summed E-state index contributed by atoms with van der Waals surface area (Å²) in [5, 5.41) is 3.96. The topological polar surface area (TPSA) is 71.4 Å². The van der Waals surface area contributed by atoms with Crippen LogP contribution < -0.4 is 5.32 Å². The van der Waals surface area contributed by atoms with Crippen molar-refractivity contribution in [3.8, 4) is 0 Å². The van der Waals surface area contributed by atoms with Gasteiger partial charge >= 0.3 is 0 Å². The van der Waals surface area contributed by atoms with E-state index in [1.54, 1.807) is 23.9 Å². The first-order valence-electron chi connectivity index (χ1n) is 11.9. The second kappa shape index (κ2) is 11.1. The summed E-state index contributed by atoms with van der Waals surface area (Å²) in [5.41, 5.74) is 4.41. The lowest BCUT2D eigenvalue weighted by Crippen LogP contribution is -2.36. The Morgan fingerprint density at radius 1 is 1.05 bits per heavy atom. The Labute approximate surface area is 234 Å². The van der Waals surface area contributed by atoms with Crippen LogP contribution in [-0.2, 0) is 16.1 Å². The highest BCUT2D eigenvalue weighted by Gasteiger charge is 2.36. The molecule has 2 heterocycles. The number of aromatic nitrogens is 1. The zero-order chi connectivity index (χ0) is 26.8. The molecular weight excluding hydrogens is 538 g/mol. The number of hydrogen-bond donors (Lipinski definition) is 1. The maximum absolute atomic E-state index is 13.2. The Morgan fingerprint density at radius 3 is 2.61 bits per heavy atom. The SMILES string of the molecule is CSc1cccc(NC(=O)CN2C(=O)S/C(=C\c3c(C)n(Cc4ccccc4Cl)c4ccccc34)C2=O)c1. The number of anilines is 1. The van der Waals surface area contributed by atoms with Crippen LogP contribution in [0.1, 0.15) is 16.8 Å². The van der Waals surface area contributed by atoms with Gasteiger partial charge in [-0.1, -0.05) is 54.1 Å². The molecule has 5 rings (SSSR count). The number of carbonyl (C=O) groups excluding carboxylic acids is 3. The maximum atomic E-state index is 13.2. The quantitative estimate of drug-likeness (QED) is 0.193. The number of nitrogens with one attached hydrogen (secondary N) is 1. The number of para-hydroxylation sites is 1. The Bertz CT molecular complexity index is 1610. The normalized spacial score (nSPS) is 14.6. The molecule has 0 atom stereocenters. The first-order valence-corrected chi connectivity index (χ1v) is 14.3. The fourth-order valence-electron chi connectivity index (χ4n) is 4.45. The lowest BCUT2D eigenvalue weighted by Gasteiger charge is -2.12. The van der Waals surface area contributed by atoms with Crippen LogP contribution in [0.3, 0.4) is 0 Å². The molecule has 4 aromatic rings. The molecule has 38 heavy (non-hydrogen) atoms. The van der Waals surface area contributed by atoms with Crippen LogP contribution in [0, 0.1) is 6.92 Å². The third kappa shape index (κ3) is 5.25. The zero-order valence-corrected chi connectivity index (χ0v) is 23.1. The van der Waals surface area contributed by atoms with Crippen LogP contribution in [0.4, 0.5) is 10.5 Å². The lowest BCUT2D eigenvalue weighted by molar-refractivity contribution is -0.127. The molecule has 1 N–H and O–H groups in total. The number of fused-ring (bicyclic) bond motifs is 1. The third-order valence-electron chi connectivity index (χ3n) is 6.37. The molecule has 0 spiro atoms. The standard InChI is InChI=1S/C29H24ClN3O3S2/c1-18-23(22-11-4-6-13-25(22)32(18)16-19-8-3-5-12-24(19)30)15-26-28(35)33(29(36)38-26)17-27(34)31-20-9-7-10-21(14-20)37-2/h3-15H,16-17H2,1-2H3,(H,31,34)/b26-15-. The first-order chi connectivity index (χ1) is 18.4. The zero-order valence-electron chi connectivity index (χ0n) is 20.7. The van der Waals surface area contributed by atoms with Crippen LogP contribution in [0.2, 0.25) is 5.02 Å². The molecule has 0 unspecified atom stereocenters. The number of benzene rings is 3. The minimum Gasteiger partial charge on any atom is -0.340 e. The molecule has 1 aromatic heterocycles. The smallest absolute Gasteiger partial charge is 0.294 e. The molecule has 1 aliphatic heterocycles. The van der Waals surface area contributed by atoms with Gasteiger partial charge in [0.05, 0.1) is 4.91 Å². The predicted octanol–water partition coefficient (Wildman–Crippen LogP) is 7.05. The summed E-state index contributed by atoms with van der Waals surface area (Å²) < 4.78 is 2.16. The van der Waals surface area contributed by atoms with E-state index in [2.05, 4.69) is 9.88 Å². The number of imide groups is 1. The van der Waals surface area contributed by atoms with Crippen molar-refractivity contribution in [2.24, 2.45) is 0 Å². The minimum atomic E-state index is -0.477. The van der Waals surface area contributed by atoms with Gasteiger partial charge in [-0.2, -0.15) is 0 Å². The summed E-state index contributed by atoms with van der Waals surface area (Å²) in [4.78, 5) is 40.9. The Morgan fingerprint density at radius 2 is 1.82 bits per heavy atom. The molecule has 3 aromatic carbocycles. The largest absolute Gasteiger partial charge is 0.340 e. The Balaban J connectivity index is 1.41. The number of rotatable bonds is 7. The average Bonchev–Trinajstić information content (AvgIpc) is 3.33. The van der Waals surface area contributed by atoms with Gasteiger partial charge in [-0.05, 0) is 66.9 Å². The van der Waals surface area contributed by atoms with Gasteiger partial charge in [0.2, 0.25) is 5.91 Å². The summed E-state index contributed by atoms with van der Waals surface area (Å²) >= 11 is 8.84. The molecule has 0 aliphatic carbocycles. The van der Waals surface area contributed by atoms with E-state index in [4.69, 9.17) is 11.6 Å². The van der Waals surface area contributed by atoms with Crippen molar-refractivity contribution in [3.63, 3.8) is 0 Å². The van der Waals surface area contributed by atoms with Crippen molar-refractivity contribution >= 4 is 74.8 Å². The molecule has 1 saturated heterocycles. The lowest BCUT2D eigenvalue weighted by atomic mass is 10.1. The summed E-state index contributed by atoms with van der Waals surface area (Å²) in [6.07, 6.45) is 3.70. The van der Waals surface area contributed by atoms with Gasteiger partial charge in [0.25, 0.3) is 11.1 Å². The van der Waals surface area contributed by atoms with E-state index >= 15 is 0 Å². The van der Waals surface area contributed by atoms with Gasteiger partial charge in [-0.3, -0.25) is 19.3 Å². The van der Waals surface area contributed by atoms with Crippen LogP contribution in [0.5, 0.6) is 0 Å². The number of amides is 3. The number of hydrogen-bond acceptors (Lipinski definition) is 5. The molecule has 0 saturated carbocycles. The van der Waals surface area contributed by atoms with Gasteiger partial charge in [0, 0.05) is 44.3 Å². The number of carbonyl (C=O) groups is 3. The highest BCUT2D eigenvalue weighted by molar-refractivity contribution is 8.18. The van der Waals surface area contributed by atoms with E-state index in [1.165, 1.54) is 0 Å². The molecule has 6 nitrogen and oxygen atoms in total. The highest BCUT2D eigenvalue weighted by Crippen LogP contribution is 2.36. The van der Waals surface area contributed by atoms with Crippen molar-refractivity contribution < 1.29 is 14.4 Å². The van der Waals surface area contributed by atoms with E-state index < -0.39 is 17.1 Å². The van der Waals surface area contributed by atoms with Gasteiger partial charge in [-0.15, -0.1) is 11.8 Å². The van der Waals surface area contributed by atoms with E-state index in [0.717, 1.165) is 49.3 Å². The van der Waals surface area contributed by atoms with Crippen molar-refractivity contribution in [2.45, 2.75) is 18.4 Å². The molecule has 1 aliphatic rings. The average molecular weight is 562 g/mol. The summed E-state index contributed by atoms with van der Waals surface area (Å²) in [7, 11) is 0. The molecule has 0 radical (unpaired) electrons. The third-order valence-corrected chi connectivity index (χ3v) is 8.37. The monoisotopic (exact) mass is 561 g/mol. The predicted molar refractivity (Wildman–Crippen MR) is 157 cm³/mol. The highest BCUT2D eigenvalue weighted by atomic mass is 35.5. The fraction of sp³-hybridized carbons (Fsp3) is 0.138. The van der Waals surface area contributed by atoms with E-state index in [-0.39, 0.29) is 11.4 Å². The molecule has 3 amide bonds. The maximum Gasteiger partial charge on any atom is 0.294 e. The van der Waals surface area contributed by atoms with Crippen LogP contribution in [0.15, 0.2) is 82.6 Å². The second-order valence-corrected chi connectivity index (χ2v) is 11.0. The Hall–Kier alpha value is -3.46. The number of nitrogens with zero attached hydrogens (tertiary/aromatic N) is 2. The number of thioether (sulfide) groups is 2. The summed E-state index contributed by atoms with van der Waals surface area (Å²) in [6, 6.07) is 23.0. The van der Waals surface area contributed by atoms with Crippen molar-refractivity contribution in [1.29, 1.82) is 0 Å².